The van der Waals surface area contributed by atoms with Crippen molar-refractivity contribution >= 4 is 11.8 Å². The fourth-order valence-electron chi connectivity index (χ4n) is 10.5. The predicted octanol–water partition coefficient (Wildman–Crippen LogP) is 6.19. The highest BCUT2D eigenvalue weighted by atomic mass is 16.8. The van der Waals surface area contributed by atoms with E-state index in [9.17, 15) is 30.0 Å². The van der Waals surface area contributed by atoms with E-state index in [0.29, 0.717) is 57.8 Å². The first-order chi connectivity index (χ1) is 24.8. The van der Waals surface area contributed by atoms with E-state index in [4.69, 9.17) is 23.7 Å². The molecule has 0 aromatic rings. The largest absolute Gasteiger partial charge is 0.481 e. The van der Waals surface area contributed by atoms with Crippen molar-refractivity contribution in [1.82, 2.24) is 0 Å². The second kappa shape index (κ2) is 16.2. The average molecular weight is 751 g/mol. The molecule has 18 atom stereocenters. The van der Waals surface area contributed by atoms with Gasteiger partial charge in [-0.05, 0) is 95.6 Å². The number of hydrogen-bond donors (Lipinski definition) is 4. The summed E-state index contributed by atoms with van der Waals surface area (Å²) < 4.78 is 33.5. The van der Waals surface area contributed by atoms with Crippen molar-refractivity contribution < 1.29 is 53.7 Å². The molecule has 0 aromatic heterocycles. The van der Waals surface area contributed by atoms with Gasteiger partial charge in [-0.25, -0.2) is 0 Å². The van der Waals surface area contributed by atoms with E-state index in [0.717, 1.165) is 6.42 Å². The van der Waals surface area contributed by atoms with Crippen LogP contribution >= 0.6 is 0 Å². The third-order valence-electron chi connectivity index (χ3n) is 14.4. The van der Waals surface area contributed by atoms with Crippen molar-refractivity contribution in [3.8, 4) is 0 Å². The Morgan fingerprint density at radius 1 is 0.887 bits per heavy atom. The normalized spacial score (nSPS) is 46.2. The Balaban J connectivity index is 1.31. The Bertz CT molecular complexity index is 1320. The third-order valence-corrected chi connectivity index (χ3v) is 14.4. The molecule has 5 rings (SSSR count). The lowest BCUT2D eigenvalue weighted by atomic mass is 9.72. The number of aliphatic hydroxyl groups excluding tert-OH is 2. The molecule has 0 amide bonds. The lowest BCUT2D eigenvalue weighted by molar-refractivity contribution is -0.409. The second-order valence-electron chi connectivity index (χ2n) is 17.9. The molecular weight excluding hydrogens is 680 g/mol. The standard InChI is InChI=1S/C42H70O11/c1-11-29(38(46)47)31-15-14-23(4)36(50-31)27(8)34(44)26(7)35(45)30(12-2)37-24(5)22-25(6)41(51-37)19-16-32(43)42(53-41)21-20-39(10,52-42)33-17-18-40(48,13-3)28(9)49-33/h16,19,23-34,36-37,43-44,48H,11-15,17-18,20-22H2,1-10H3,(H,46,47)/t23-,24+,25-,26-,27+,28-,29-,30-,31-,32-,33-,34+,36+,37+,39+,40+,41-,42-/m0/s1. The van der Waals surface area contributed by atoms with Gasteiger partial charge in [0.2, 0.25) is 5.79 Å². The summed E-state index contributed by atoms with van der Waals surface area (Å²) in [5.41, 5.74) is -1.63. The number of hydrogen-bond acceptors (Lipinski definition) is 10. The summed E-state index contributed by atoms with van der Waals surface area (Å²) in [4.78, 5) is 26.4. The maximum atomic E-state index is 14.4. The zero-order chi connectivity index (χ0) is 39.3. The van der Waals surface area contributed by atoms with Crippen LogP contribution in [-0.2, 0) is 33.3 Å². The van der Waals surface area contributed by atoms with Crippen LogP contribution in [0.4, 0.5) is 0 Å². The molecule has 0 radical (unpaired) electrons. The molecule has 5 heterocycles. The molecule has 5 aliphatic rings. The number of carboxylic acid groups (broad SMARTS) is 1. The summed E-state index contributed by atoms with van der Waals surface area (Å²) in [6.07, 6.45) is 5.51. The molecule has 53 heavy (non-hydrogen) atoms. The van der Waals surface area contributed by atoms with Crippen molar-refractivity contribution in [2.24, 2.45) is 41.4 Å². The summed E-state index contributed by atoms with van der Waals surface area (Å²) >= 11 is 0. The number of ether oxygens (including phenoxy) is 5. The number of ketones is 1. The van der Waals surface area contributed by atoms with E-state index in [1.807, 2.05) is 41.5 Å². The Labute approximate surface area is 317 Å². The van der Waals surface area contributed by atoms with Crippen molar-refractivity contribution in [3.63, 3.8) is 0 Å². The van der Waals surface area contributed by atoms with Crippen LogP contribution in [-0.4, -0.2) is 97.7 Å². The molecule has 4 fully saturated rings. The van der Waals surface area contributed by atoms with Crippen molar-refractivity contribution in [3.05, 3.63) is 12.2 Å². The molecule has 0 unspecified atom stereocenters. The monoisotopic (exact) mass is 750 g/mol. The topological polar surface area (TPSA) is 161 Å². The molecule has 0 saturated carbocycles. The van der Waals surface area contributed by atoms with E-state index >= 15 is 0 Å². The average Bonchev–Trinajstić information content (AvgIpc) is 3.47. The lowest BCUT2D eigenvalue weighted by Gasteiger charge is -2.54. The van der Waals surface area contributed by atoms with Gasteiger partial charge in [-0.1, -0.05) is 55.4 Å². The molecule has 4 N–H and O–H groups in total. The van der Waals surface area contributed by atoms with Crippen molar-refractivity contribution in [2.45, 2.75) is 199 Å². The van der Waals surface area contributed by atoms with Gasteiger partial charge in [0, 0.05) is 30.1 Å². The fourth-order valence-corrected chi connectivity index (χ4v) is 10.5. The molecule has 11 nitrogen and oxygen atoms in total. The van der Waals surface area contributed by atoms with Crippen LogP contribution < -0.4 is 0 Å². The first-order valence-corrected chi connectivity index (χ1v) is 20.7. The predicted molar refractivity (Wildman–Crippen MR) is 199 cm³/mol. The molecule has 304 valence electrons. The molecule has 0 aliphatic carbocycles. The summed E-state index contributed by atoms with van der Waals surface area (Å²) in [7, 11) is 0. The number of carbonyl (C=O) groups is 2. The Morgan fingerprint density at radius 3 is 2.17 bits per heavy atom. The molecular formula is C42H70O11. The van der Waals surface area contributed by atoms with E-state index in [1.165, 1.54) is 0 Å². The van der Waals surface area contributed by atoms with Gasteiger partial charge in [-0.15, -0.1) is 0 Å². The third kappa shape index (κ3) is 7.94. The molecule has 0 aromatic carbocycles. The minimum Gasteiger partial charge on any atom is -0.481 e. The van der Waals surface area contributed by atoms with Crippen LogP contribution in [0, 0.1) is 41.4 Å². The van der Waals surface area contributed by atoms with Crippen LogP contribution in [0.1, 0.15) is 133 Å². The van der Waals surface area contributed by atoms with Gasteiger partial charge in [0.25, 0.3) is 0 Å². The van der Waals surface area contributed by atoms with Crippen molar-refractivity contribution in [2.75, 3.05) is 0 Å². The lowest BCUT2D eigenvalue weighted by Crippen LogP contribution is -2.63. The number of Topliss-reactive ketones (excluding diaryl/α,β-unsaturated/α-hetero) is 1. The van der Waals surface area contributed by atoms with Gasteiger partial charge in [0.1, 0.15) is 11.9 Å². The smallest absolute Gasteiger partial charge is 0.309 e. The van der Waals surface area contributed by atoms with E-state index < -0.39 is 76.8 Å². The molecule has 5 aliphatic heterocycles. The van der Waals surface area contributed by atoms with Gasteiger partial charge in [0.05, 0.1) is 53.7 Å². The van der Waals surface area contributed by atoms with Crippen LogP contribution in [0.2, 0.25) is 0 Å². The minimum atomic E-state index is -1.37. The maximum absolute atomic E-state index is 14.4. The van der Waals surface area contributed by atoms with Gasteiger partial charge < -0.3 is 44.1 Å². The van der Waals surface area contributed by atoms with E-state index in [1.54, 1.807) is 19.1 Å². The Hall–Kier alpha value is -1.44. The Kier molecular flexibility index (Phi) is 13.0. The van der Waals surface area contributed by atoms with Crippen LogP contribution in [0.25, 0.3) is 0 Å². The quantitative estimate of drug-likeness (QED) is 0.169. The van der Waals surface area contributed by atoms with E-state index in [2.05, 4.69) is 20.8 Å². The number of rotatable bonds is 12. The highest BCUT2D eigenvalue weighted by molar-refractivity contribution is 5.84. The zero-order valence-electron chi connectivity index (χ0n) is 34.0. The number of carboxylic acids is 1. The first-order valence-electron chi connectivity index (χ1n) is 20.7. The van der Waals surface area contributed by atoms with E-state index in [-0.39, 0.29) is 41.8 Å². The number of aliphatic hydroxyl groups is 3. The van der Waals surface area contributed by atoms with Crippen LogP contribution in [0.3, 0.4) is 0 Å². The minimum absolute atomic E-state index is 0.0137. The van der Waals surface area contributed by atoms with Gasteiger partial charge >= 0.3 is 5.97 Å². The summed E-state index contributed by atoms with van der Waals surface area (Å²) in [6.45, 7) is 19.6. The summed E-state index contributed by atoms with van der Waals surface area (Å²) in [5.74, 6) is -5.78. The summed E-state index contributed by atoms with van der Waals surface area (Å²) in [6, 6.07) is 0. The molecule has 2 spiro atoms. The summed E-state index contributed by atoms with van der Waals surface area (Å²) in [5, 5.41) is 44.0. The highest BCUT2D eigenvalue weighted by Crippen LogP contribution is 2.54. The molecule has 4 saturated heterocycles. The SMILES string of the molecule is CC[C@H](C(=O)O)[C@@H]1CC[C@H](C)[C@H]([C@H](C)[C@H](O)[C@H](C)C(=O)[C@H](CC)[C@@H]2O[C@]3(C=C[C@H](O)[C@]4(CC[C@](C)([C@@H]5CC[C@](O)(CC)[C@H](C)O5)O4)O3)[C@@H](C)C[C@H]2C)O1. The van der Waals surface area contributed by atoms with Crippen molar-refractivity contribution in [1.29, 1.82) is 0 Å². The highest BCUT2D eigenvalue weighted by Gasteiger charge is 2.63. The first kappa shape index (κ1) is 42.7. The molecule has 0 bridgehead atoms. The number of aliphatic carboxylic acids is 1. The number of carbonyl (C=O) groups excluding carboxylic acids is 1. The molecule has 11 heteroatoms. The fraction of sp³-hybridized carbons (Fsp3) is 0.905. The van der Waals surface area contributed by atoms with Gasteiger partial charge in [0.15, 0.2) is 5.79 Å². The second-order valence-corrected chi connectivity index (χ2v) is 17.9. The zero-order valence-corrected chi connectivity index (χ0v) is 34.0. The van der Waals surface area contributed by atoms with Crippen LogP contribution in [0.15, 0.2) is 12.2 Å². The van der Waals surface area contributed by atoms with Gasteiger partial charge in [-0.3, -0.25) is 9.59 Å². The van der Waals surface area contributed by atoms with Crippen LogP contribution in [0.5, 0.6) is 0 Å². The van der Waals surface area contributed by atoms with Gasteiger partial charge in [-0.2, -0.15) is 0 Å². The maximum Gasteiger partial charge on any atom is 0.309 e. The Morgan fingerprint density at radius 2 is 1.57 bits per heavy atom.